The summed E-state index contributed by atoms with van der Waals surface area (Å²) in [5, 5.41) is 22.8. The molecule has 2 aromatic heterocycles. The second-order valence-corrected chi connectivity index (χ2v) is 3.79. The standard InChI is InChI=1S/C12H10N6O2/c1-2-15-12-16-7-10(18(19)20)11(17-12)9-3-8(4-13)5-14-6-9/h3,5-7H,2H2,1H3,(H,15,16,17). The highest BCUT2D eigenvalue weighted by Crippen LogP contribution is 2.27. The maximum atomic E-state index is 11.0. The van der Waals surface area contributed by atoms with Crippen LogP contribution in [-0.2, 0) is 0 Å². The molecule has 0 saturated carbocycles. The predicted molar refractivity (Wildman–Crippen MR) is 70.8 cm³/mol. The molecule has 0 radical (unpaired) electrons. The zero-order valence-electron chi connectivity index (χ0n) is 10.6. The summed E-state index contributed by atoms with van der Waals surface area (Å²) in [6.45, 7) is 2.45. The number of hydrogen-bond acceptors (Lipinski definition) is 7. The molecule has 0 fully saturated rings. The van der Waals surface area contributed by atoms with Gasteiger partial charge in [0.2, 0.25) is 5.95 Å². The van der Waals surface area contributed by atoms with Gasteiger partial charge in [-0.05, 0) is 13.0 Å². The fraction of sp³-hybridized carbons (Fsp3) is 0.167. The largest absolute Gasteiger partial charge is 0.354 e. The van der Waals surface area contributed by atoms with Gasteiger partial charge in [-0.1, -0.05) is 0 Å². The Balaban J connectivity index is 2.59. The number of nitrogens with one attached hydrogen (secondary N) is 1. The van der Waals surface area contributed by atoms with Crippen LogP contribution in [0.15, 0.2) is 24.7 Å². The summed E-state index contributed by atoms with van der Waals surface area (Å²) < 4.78 is 0. The van der Waals surface area contributed by atoms with E-state index in [0.717, 1.165) is 6.20 Å². The molecule has 0 spiro atoms. The highest BCUT2D eigenvalue weighted by Gasteiger charge is 2.19. The molecule has 0 aliphatic carbocycles. The first-order chi connectivity index (χ1) is 9.65. The van der Waals surface area contributed by atoms with Crippen LogP contribution in [0.25, 0.3) is 11.3 Å². The van der Waals surface area contributed by atoms with Gasteiger partial charge in [-0.2, -0.15) is 5.26 Å². The zero-order chi connectivity index (χ0) is 14.5. The number of nitrogens with zero attached hydrogens (tertiary/aromatic N) is 5. The number of pyridine rings is 1. The van der Waals surface area contributed by atoms with Gasteiger partial charge in [0, 0.05) is 24.5 Å². The van der Waals surface area contributed by atoms with Crippen LogP contribution < -0.4 is 5.32 Å². The van der Waals surface area contributed by atoms with E-state index in [2.05, 4.69) is 20.3 Å². The van der Waals surface area contributed by atoms with Crippen LogP contribution in [0.3, 0.4) is 0 Å². The van der Waals surface area contributed by atoms with Gasteiger partial charge in [0.25, 0.3) is 0 Å². The van der Waals surface area contributed by atoms with Crippen LogP contribution in [0, 0.1) is 21.4 Å². The van der Waals surface area contributed by atoms with Crippen molar-refractivity contribution in [3.8, 4) is 17.3 Å². The first-order valence-electron chi connectivity index (χ1n) is 5.76. The zero-order valence-corrected chi connectivity index (χ0v) is 10.6. The monoisotopic (exact) mass is 270 g/mol. The van der Waals surface area contributed by atoms with E-state index in [9.17, 15) is 10.1 Å². The molecule has 2 rings (SSSR count). The second kappa shape index (κ2) is 5.71. The van der Waals surface area contributed by atoms with Crippen molar-refractivity contribution in [3.63, 3.8) is 0 Å². The number of rotatable bonds is 4. The Morgan fingerprint density at radius 3 is 2.90 bits per heavy atom. The number of aromatic nitrogens is 3. The van der Waals surface area contributed by atoms with E-state index in [1.54, 1.807) is 0 Å². The second-order valence-electron chi connectivity index (χ2n) is 3.79. The van der Waals surface area contributed by atoms with E-state index in [1.165, 1.54) is 18.5 Å². The van der Waals surface area contributed by atoms with Crippen molar-refractivity contribution in [1.82, 2.24) is 15.0 Å². The fourth-order valence-electron chi connectivity index (χ4n) is 1.60. The average molecular weight is 270 g/mol. The molecular formula is C12H10N6O2. The van der Waals surface area contributed by atoms with Gasteiger partial charge in [0.1, 0.15) is 12.3 Å². The molecule has 0 saturated heterocycles. The van der Waals surface area contributed by atoms with Crippen molar-refractivity contribution >= 4 is 11.6 Å². The number of nitro groups is 1. The molecule has 0 bridgehead atoms. The van der Waals surface area contributed by atoms with Gasteiger partial charge < -0.3 is 5.32 Å². The summed E-state index contributed by atoms with van der Waals surface area (Å²) in [4.78, 5) is 22.3. The predicted octanol–water partition coefficient (Wildman–Crippen LogP) is 1.75. The van der Waals surface area contributed by atoms with Crippen molar-refractivity contribution < 1.29 is 4.92 Å². The molecule has 20 heavy (non-hydrogen) atoms. The number of anilines is 1. The Bertz CT molecular complexity index is 695. The molecule has 8 heteroatoms. The third-order valence-electron chi connectivity index (χ3n) is 2.44. The van der Waals surface area contributed by atoms with E-state index in [1.807, 2.05) is 13.0 Å². The summed E-state index contributed by atoms with van der Waals surface area (Å²) in [6.07, 6.45) is 3.94. The topological polar surface area (TPSA) is 118 Å². The smallest absolute Gasteiger partial charge is 0.313 e. The van der Waals surface area contributed by atoms with Crippen molar-refractivity contribution in [3.05, 3.63) is 40.3 Å². The molecule has 0 amide bonds. The van der Waals surface area contributed by atoms with E-state index >= 15 is 0 Å². The minimum atomic E-state index is -0.565. The quantitative estimate of drug-likeness (QED) is 0.664. The Labute approximate surface area is 114 Å². The van der Waals surface area contributed by atoms with Gasteiger partial charge in [-0.3, -0.25) is 15.1 Å². The molecule has 0 aromatic carbocycles. The molecule has 0 aliphatic heterocycles. The van der Waals surface area contributed by atoms with Gasteiger partial charge >= 0.3 is 5.69 Å². The van der Waals surface area contributed by atoms with E-state index in [0.29, 0.717) is 17.7 Å². The van der Waals surface area contributed by atoms with Crippen LogP contribution in [0.5, 0.6) is 0 Å². The Morgan fingerprint density at radius 2 is 2.25 bits per heavy atom. The normalized spacial score (nSPS) is 9.80. The highest BCUT2D eigenvalue weighted by atomic mass is 16.6. The van der Waals surface area contributed by atoms with E-state index in [-0.39, 0.29) is 17.3 Å². The van der Waals surface area contributed by atoms with Gasteiger partial charge in [0.05, 0.1) is 10.5 Å². The molecule has 2 heterocycles. The maximum absolute atomic E-state index is 11.0. The lowest BCUT2D eigenvalue weighted by Gasteiger charge is -2.05. The van der Waals surface area contributed by atoms with Crippen LogP contribution in [0.1, 0.15) is 12.5 Å². The molecule has 0 unspecified atom stereocenters. The molecule has 1 N–H and O–H groups in total. The lowest BCUT2D eigenvalue weighted by atomic mass is 10.1. The van der Waals surface area contributed by atoms with Gasteiger partial charge in [-0.15, -0.1) is 0 Å². The summed E-state index contributed by atoms with van der Waals surface area (Å²) in [5.74, 6) is 0.287. The lowest BCUT2D eigenvalue weighted by molar-refractivity contribution is -0.384. The summed E-state index contributed by atoms with van der Waals surface area (Å²) in [5.41, 5.74) is 0.604. The highest BCUT2D eigenvalue weighted by molar-refractivity contribution is 5.70. The minimum Gasteiger partial charge on any atom is -0.354 e. The first-order valence-corrected chi connectivity index (χ1v) is 5.76. The number of hydrogen-bond donors (Lipinski definition) is 1. The van der Waals surface area contributed by atoms with E-state index < -0.39 is 4.92 Å². The SMILES string of the molecule is CCNc1ncc([N+](=O)[O-])c(-c2cncc(C#N)c2)n1. The van der Waals surface area contributed by atoms with Crippen LogP contribution >= 0.6 is 0 Å². The van der Waals surface area contributed by atoms with Crippen molar-refractivity contribution in [2.75, 3.05) is 11.9 Å². The summed E-state index contributed by atoms with van der Waals surface area (Å²) in [6, 6.07) is 3.43. The van der Waals surface area contributed by atoms with Gasteiger partial charge in [0.15, 0.2) is 5.69 Å². The molecule has 2 aromatic rings. The summed E-state index contributed by atoms with van der Waals surface area (Å²) in [7, 11) is 0. The molecule has 100 valence electrons. The molecule has 0 aliphatic rings. The third kappa shape index (κ3) is 2.67. The van der Waals surface area contributed by atoms with Crippen molar-refractivity contribution in [2.45, 2.75) is 6.92 Å². The molecule has 0 atom stereocenters. The van der Waals surface area contributed by atoms with E-state index in [4.69, 9.17) is 5.26 Å². The Kier molecular flexibility index (Phi) is 3.81. The summed E-state index contributed by atoms with van der Waals surface area (Å²) >= 11 is 0. The van der Waals surface area contributed by atoms with Gasteiger partial charge in [-0.25, -0.2) is 9.97 Å². The van der Waals surface area contributed by atoms with Crippen LogP contribution in [0.2, 0.25) is 0 Å². The average Bonchev–Trinajstić information content (AvgIpc) is 2.47. The first kappa shape index (κ1) is 13.4. The molecule has 8 nitrogen and oxygen atoms in total. The van der Waals surface area contributed by atoms with Crippen molar-refractivity contribution in [2.24, 2.45) is 0 Å². The minimum absolute atomic E-state index is 0.130. The molecular weight excluding hydrogens is 260 g/mol. The lowest BCUT2D eigenvalue weighted by Crippen LogP contribution is -2.05. The van der Waals surface area contributed by atoms with Crippen molar-refractivity contribution in [1.29, 1.82) is 5.26 Å². The van der Waals surface area contributed by atoms with Crippen LogP contribution in [-0.4, -0.2) is 26.4 Å². The Morgan fingerprint density at radius 1 is 1.45 bits per heavy atom. The van der Waals surface area contributed by atoms with Crippen LogP contribution in [0.4, 0.5) is 11.6 Å². The fourth-order valence-corrected chi connectivity index (χ4v) is 1.60. The third-order valence-corrected chi connectivity index (χ3v) is 2.44. The maximum Gasteiger partial charge on any atom is 0.313 e. The Hall–Kier alpha value is -3.08. The number of nitriles is 1.